The van der Waals surface area contributed by atoms with E-state index in [-0.39, 0.29) is 51.6 Å². The number of Topliss-reactive ketones (excluding diaryl/α,β-unsaturated/α-hetero) is 1. The predicted molar refractivity (Wildman–Crippen MR) is 230 cm³/mol. The molecule has 2 spiro atoms. The lowest BCUT2D eigenvalue weighted by Gasteiger charge is -2.64. The van der Waals surface area contributed by atoms with Gasteiger partial charge < -0.3 is 84.6 Å². The SMILES string of the molecule is CC(C)C(=O)CCC(C)C1C(O)CC2(C)C3CCC4C(C)(C)C(OC5OC(CO)C(O)C(O)C5OC5OC(C)C(O)C(OC6OC(CO)C(O)C(O)C6O)C5O)CCC45CC35CC(O)C12C. The number of rotatable bonds is 13. The number of hydrogen-bond acceptors (Lipinski definition) is 18. The Kier molecular flexibility index (Phi) is 14.2. The number of hydrogen-bond donors (Lipinski definition) is 11. The van der Waals surface area contributed by atoms with E-state index in [4.69, 9.17) is 28.4 Å². The highest BCUT2D eigenvalue weighted by Gasteiger charge is 2.84. The van der Waals surface area contributed by atoms with Gasteiger partial charge >= 0.3 is 0 Å². The summed E-state index contributed by atoms with van der Waals surface area (Å²) in [6.07, 6.45) is -18.7. The van der Waals surface area contributed by atoms with Gasteiger partial charge in [0.15, 0.2) is 18.9 Å². The van der Waals surface area contributed by atoms with E-state index in [0.717, 1.165) is 25.7 Å². The number of aliphatic hydroxyl groups excluding tert-OH is 11. The summed E-state index contributed by atoms with van der Waals surface area (Å²) in [6.45, 7) is 14.9. The van der Waals surface area contributed by atoms with Crippen LogP contribution in [0, 0.1) is 56.7 Å². The second kappa shape index (κ2) is 18.2. The lowest BCUT2D eigenvalue weighted by atomic mass is 9.41. The zero-order valence-corrected chi connectivity index (χ0v) is 39.8. The minimum absolute atomic E-state index is 0.0450. The second-order valence-electron chi connectivity index (χ2n) is 23.3. The zero-order chi connectivity index (χ0) is 48.4. The van der Waals surface area contributed by atoms with Crippen molar-refractivity contribution in [3.8, 4) is 0 Å². The van der Waals surface area contributed by atoms with Crippen molar-refractivity contribution < 1.29 is 89.4 Å². The monoisotopic (exact) mass is 945 g/mol. The van der Waals surface area contributed by atoms with Crippen LogP contribution in [0.5, 0.6) is 0 Å². The molecular weight excluding hydrogens is 865 g/mol. The van der Waals surface area contributed by atoms with Crippen molar-refractivity contribution in [3.63, 3.8) is 0 Å². The first-order valence-corrected chi connectivity index (χ1v) is 24.7. The molecule has 11 N–H and O–H groups in total. The molecule has 0 aromatic rings. The first-order valence-electron chi connectivity index (χ1n) is 24.7. The van der Waals surface area contributed by atoms with E-state index in [1.165, 1.54) is 6.92 Å². The Bertz CT molecular complexity index is 1730. The molecular formula is C48H80O18. The van der Waals surface area contributed by atoms with Gasteiger partial charge in [0.1, 0.15) is 72.9 Å². The summed E-state index contributed by atoms with van der Waals surface area (Å²) < 4.78 is 36.4. The first kappa shape index (κ1) is 51.3. The van der Waals surface area contributed by atoms with Gasteiger partial charge in [-0.25, -0.2) is 0 Å². The second-order valence-corrected chi connectivity index (χ2v) is 23.3. The minimum Gasteiger partial charge on any atom is -0.394 e. The fourth-order valence-electron chi connectivity index (χ4n) is 15.8. The third kappa shape index (κ3) is 7.73. The van der Waals surface area contributed by atoms with Gasteiger partial charge in [-0.15, -0.1) is 0 Å². The Labute approximate surface area is 387 Å². The molecule has 3 aliphatic heterocycles. The molecule has 8 rings (SSSR count). The normalized spacial score (nSPS) is 54.8. The molecule has 26 unspecified atom stereocenters. The van der Waals surface area contributed by atoms with Crippen molar-refractivity contribution in [1.29, 1.82) is 0 Å². The van der Waals surface area contributed by atoms with Crippen molar-refractivity contribution in [2.24, 2.45) is 56.7 Å². The molecule has 0 aromatic carbocycles. The highest BCUT2D eigenvalue weighted by Crippen LogP contribution is 2.89. The van der Waals surface area contributed by atoms with E-state index < -0.39 is 134 Å². The van der Waals surface area contributed by atoms with Gasteiger partial charge in [-0.1, -0.05) is 48.5 Å². The summed E-state index contributed by atoms with van der Waals surface area (Å²) in [4.78, 5) is 12.7. The maximum Gasteiger partial charge on any atom is 0.187 e. The van der Waals surface area contributed by atoms with Crippen molar-refractivity contribution >= 4 is 5.78 Å². The zero-order valence-electron chi connectivity index (χ0n) is 39.8. The van der Waals surface area contributed by atoms with E-state index in [1.54, 1.807) is 0 Å². The molecule has 0 radical (unpaired) electrons. The number of aliphatic hydroxyl groups is 11. The fourth-order valence-corrected chi connectivity index (χ4v) is 15.8. The molecule has 0 amide bonds. The summed E-state index contributed by atoms with van der Waals surface area (Å²) in [5.74, 6) is 0.542. The Morgan fingerprint density at radius 3 is 1.88 bits per heavy atom. The van der Waals surface area contributed by atoms with E-state index in [1.807, 2.05) is 13.8 Å². The van der Waals surface area contributed by atoms with E-state index in [9.17, 15) is 61.0 Å². The average molecular weight is 945 g/mol. The van der Waals surface area contributed by atoms with Crippen LogP contribution in [0.1, 0.15) is 113 Å². The number of carbonyl (C=O) groups is 1. The van der Waals surface area contributed by atoms with Gasteiger partial charge in [-0.05, 0) is 104 Å². The van der Waals surface area contributed by atoms with Gasteiger partial charge in [-0.2, -0.15) is 0 Å². The van der Waals surface area contributed by atoms with Crippen LogP contribution in [0.4, 0.5) is 0 Å². The molecule has 8 aliphatic rings. The van der Waals surface area contributed by atoms with Crippen LogP contribution in [-0.2, 0) is 33.2 Å². The minimum atomic E-state index is -1.84. The van der Waals surface area contributed by atoms with Crippen LogP contribution in [0.2, 0.25) is 0 Å². The fraction of sp³-hybridized carbons (Fsp3) is 0.979. The quantitative estimate of drug-likeness (QED) is 0.107. The van der Waals surface area contributed by atoms with Crippen molar-refractivity contribution in [2.45, 2.75) is 224 Å². The topological polar surface area (TPSA) is 295 Å². The number of carbonyl (C=O) groups excluding carboxylic acids is 1. The maximum absolute atomic E-state index is 12.7. The number of ether oxygens (including phenoxy) is 6. The highest BCUT2D eigenvalue weighted by atomic mass is 16.8. The van der Waals surface area contributed by atoms with Gasteiger partial charge in [0.05, 0.1) is 37.6 Å². The maximum atomic E-state index is 12.7. The van der Waals surface area contributed by atoms with Gasteiger partial charge in [0.2, 0.25) is 0 Å². The summed E-state index contributed by atoms with van der Waals surface area (Å²) in [5.41, 5.74) is -1.55. The largest absolute Gasteiger partial charge is 0.394 e. The molecule has 380 valence electrons. The van der Waals surface area contributed by atoms with Crippen LogP contribution in [0.3, 0.4) is 0 Å². The van der Waals surface area contributed by atoms with Crippen molar-refractivity contribution in [1.82, 2.24) is 0 Å². The van der Waals surface area contributed by atoms with Crippen LogP contribution in [0.15, 0.2) is 0 Å². The number of ketones is 1. The summed E-state index contributed by atoms with van der Waals surface area (Å²) in [5, 5.41) is 121. The lowest BCUT2D eigenvalue weighted by molar-refractivity contribution is -0.388. The lowest BCUT2D eigenvalue weighted by Crippen LogP contribution is -2.66. The van der Waals surface area contributed by atoms with Crippen molar-refractivity contribution in [2.75, 3.05) is 13.2 Å². The molecule has 0 aromatic heterocycles. The van der Waals surface area contributed by atoms with Gasteiger partial charge in [0.25, 0.3) is 0 Å². The Morgan fingerprint density at radius 2 is 1.24 bits per heavy atom. The van der Waals surface area contributed by atoms with Crippen LogP contribution >= 0.6 is 0 Å². The summed E-state index contributed by atoms with van der Waals surface area (Å²) >= 11 is 0. The number of fused-ring (bicyclic) bond motifs is 2. The molecule has 0 bridgehead atoms. The predicted octanol–water partition coefficient (Wildman–Crippen LogP) is -0.130. The Hall–Kier alpha value is -1.01. The molecule has 5 saturated carbocycles. The van der Waals surface area contributed by atoms with Crippen LogP contribution < -0.4 is 0 Å². The molecule has 66 heavy (non-hydrogen) atoms. The molecule has 26 atom stereocenters. The Balaban J connectivity index is 0.995. The molecule has 5 aliphatic carbocycles. The van der Waals surface area contributed by atoms with E-state index in [2.05, 4.69) is 34.6 Å². The standard InChI is InChI=1S/C48H80O18/c1-20(2)23(51)10-9-21(3)31-24(52)15-45(7)28-12-11-27-44(5,6)30(13-14-47(27)19-48(28,47)16-29(53)46(31,45)8)64-43-40(36(58)34(56)26(18-50)63-43)66-42-38(60)39(32(54)22(4)61-42)65-41-37(59)35(57)33(55)25(17-49)62-41/h20-22,24-43,49-50,52-60H,9-19H2,1-8H3. The molecule has 18 heteroatoms. The van der Waals surface area contributed by atoms with E-state index >= 15 is 0 Å². The first-order chi connectivity index (χ1) is 30.9. The molecule has 8 fully saturated rings. The average Bonchev–Trinajstić information content (AvgIpc) is 3.86. The van der Waals surface area contributed by atoms with Crippen molar-refractivity contribution in [3.05, 3.63) is 0 Å². The highest BCUT2D eigenvalue weighted by molar-refractivity contribution is 5.80. The smallest absolute Gasteiger partial charge is 0.187 e. The third-order valence-electron chi connectivity index (χ3n) is 19.6. The van der Waals surface area contributed by atoms with Crippen LogP contribution in [0.25, 0.3) is 0 Å². The molecule has 18 nitrogen and oxygen atoms in total. The Morgan fingerprint density at radius 1 is 0.652 bits per heavy atom. The van der Waals surface area contributed by atoms with Crippen LogP contribution in [-0.4, -0.2) is 186 Å². The van der Waals surface area contributed by atoms with Gasteiger partial charge in [0, 0.05) is 17.8 Å². The summed E-state index contributed by atoms with van der Waals surface area (Å²) in [6, 6.07) is 0. The molecule has 3 heterocycles. The summed E-state index contributed by atoms with van der Waals surface area (Å²) in [7, 11) is 0. The van der Waals surface area contributed by atoms with E-state index in [0.29, 0.717) is 32.1 Å². The molecule has 3 saturated heterocycles. The third-order valence-corrected chi connectivity index (χ3v) is 19.6. The van der Waals surface area contributed by atoms with Gasteiger partial charge in [-0.3, -0.25) is 4.79 Å².